The molecule has 0 heterocycles. The number of halogens is 1. The van der Waals surface area contributed by atoms with Crippen LogP contribution in [0.25, 0.3) is 0 Å². The number of aryl methyl sites for hydroxylation is 1. The standard InChI is InChI=1S/C18H23BrN2/c1-13-9-15(10-14(2)20)7-8-18(13)21(3)12-16-5-4-6-17(19)11-16/h4-9,11,14H,10,12,20H2,1-3H3. The third-order valence-electron chi connectivity index (χ3n) is 3.54. The van der Waals surface area contributed by atoms with E-state index >= 15 is 0 Å². The third kappa shape index (κ3) is 4.58. The minimum absolute atomic E-state index is 0.203. The van der Waals surface area contributed by atoms with Gasteiger partial charge in [0, 0.05) is 29.8 Å². The van der Waals surface area contributed by atoms with Crippen LogP contribution in [0.15, 0.2) is 46.9 Å². The maximum Gasteiger partial charge on any atom is 0.0426 e. The summed E-state index contributed by atoms with van der Waals surface area (Å²) in [5.74, 6) is 0. The minimum Gasteiger partial charge on any atom is -0.370 e. The Kier molecular flexibility index (Phi) is 5.43. The molecule has 0 bridgehead atoms. The van der Waals surface area contributed by atoms with E-state index in [0.717, 1.165) is 17.4 Å². The van der Waals surface area contributed by atoms with Crippen LogP contribution >= 0.6 is 15.9 Å². The molecule has 2 nitrogen and oxygen atoms in total. The summed E-state index contributed by atoms with van der Waals surface area (Å²) in [7, 11) is 2.13. The van der Waals surface area contributed by atoms with Crippen molar-refractivity contribution >= 4 is 21.6 Å². The fourth-order valence-electron chi connectivity index (χ4n) is 2.64. The van der Waals surface area contributed by atoms with Crippen LogP contribution in [-0.2, 0) is 13.0 Å². The summed E-state index contributed by atoms with van der Waals surface area (Å²) in [6.45, 7) is 5.10. The highest BCUT2D eigenvalue weighted by Gasteiger charge is 2.07. The average molecular weight is 347 g/mol. The Bertz CT molecular complexity index is 608. The van der Waals surface area contributed by atoms with Crippen molar-refractivity contribution in [1.82, 2.24) is 0 Å². The van der Waals surface area contributed by atoms with Gasteiger partial charge in [0.05, 0.1) is 0 Å². The molecule has 0 spiro atoms. The molecule has 112 valence electrons. The predicted molar refractivity (Wildman–Crippen MR) is 94.8 cm³/mol. The second-order valence-corrected chi connectivity index (χ2v) is 6.70. The molecule has 0 aliphatic carbocycles. The summed E-state index contributed by atoms with van der Waals surface area (Å²) in [6, 6.07) is 15.3. The van der Waals surface area contributed by atoms with Gasteiger partial charge in [0.25, 0.3) is 0 Å². The van der Waals surface area contributed by atoms with E-state index in [9.17, 15) is 0 Å². The molecule has 0 aliphatic heterocycles. The zero-order valence-electron chi connectivity index (χ0n) is 12.9. The van der Waals surface area contributed by atoms with Gasteiger partial charge in [-0.15, -0.1) is 0 Å². The van der Waals surface area contributed by atoms with Gasteiger partial charge in [-0.1, -0.05) is 40.2 Å². The number of hydrogen-bond donors (Lipinski definition) is 1. The molecule has 1 unspecified atom stereocenters. The van der Waals surface area contributed by atoms with Crippen molar-refractivity contribution in [2.24, 2.45) is 5.73 Å². The molecule has 2 N–H and O–H groups in total. The Morgan fingerprint density at radius 2 is 1.90 bits per heavy atom. The van der Waals surface area contributed by atoms with E-state index in [4.69, 9.17) is 5.73 Å². The lowest BCUT2D eigenvalue weighted by molar-refractivity contribution is 0.737. The molecule has 0 saturated heterocycles. The molecule has 0 aromatic heterocycles. The fourth-order valence-corrected chi connectivity index (χ4v) is 3.09. The predicted octanol–water partition coefficient (Wildman–Crippen LogP) is 4.28. The molecule has 0 radical (unpaired) electrons. The summed E-state index contributed by atoms with van der Waals surface area (Å²) in [4.78, 5) is 2.28. The smallest absolute Gasteiger partial charge is 0.0426 e. The van der Waals surface area contributed by atoms with Crippen molar-refractivity contribution in [3.8, 4) is 0 Å². The van der Waals surface area contributed by atoms with Crippen molar-refractivity contribution in [3.05, 3.63) is 63.6 Å². The topological polar surface area (TPSA) is 29.3 Å². The molecule has 2 rings (SSSR count). The van der Waals surface area contributed by atoms with Crippen molar-refractivity contribution in [2.45, 2.75) is 32.9 Å². The molecule has 0 fully saturated rings. The van der Waals surface area contributed by atoms with Crippen LogP contribution in [0.2, 0.25) is 0 Å². The molecule has 2 aromatic rings. The number of nitrogens with two attached hydrogens (primary N) is 1. The number of nitrogens with zero attached hydrogens (tertiary/aromatic N) is 1. The number of anilines is 1. The second kappa shape index (κ2) is 7.10. The molecule has 0 saturated carbocycles. The van der Waals surface area contributed by atoms with Gasteiger partial charge in [-0.2, -0.15) is 0 Å². The van der Waals surface area contributed by atoms with Crippen LogP contribution < -0.4 is 10.6 Å². The monoisotopic (exact) mass is 346 g/mol. The number of benzene rings is 2. The molecule has 2 aromatic carbocycles. The van der Waals surface area contributed by atoms with Crippen molar-refractivity contribution in [3.63, 3.8) is 0 Å². The Labute approximate surface area is 136 Å². The first-order valence-corrected chi connectivity index (χ1v) is 8.05. The molecule has 0 amide bonds. The van der Waals surface area contributed by atoms with E-state index in [0.29, 0.717) is 0 Å². The van der Waals surface area contributed by atoms with Gasteiger partial charge < -0.3 is 10.6 Å². The third-order valence-corrected chi connectivity index (χ3v) is 4.03. The maximum absolute atomic E-state index is 5.87. The first-order valence-electron chi connectivity index (χ1n) is 7.26. The lowest BCUT2D eigenvalue weighted by Gasteiger charge is -2.22. The van der Waals surface area contributed by atoms with Crippen LogP contribution in [0.5, 0.6) is 0 Å². The van der Waals surface area contributed by atoms with Gasteiger partial charge in [0.1, 0.15) is 0 Å². The van der Waals surface area contributed by atoms with Crippen LogP contribution in [0.1, 0.15) is 23.6 Å². The number of hydrogen-bond acceptors (Lipinski definition) is 2. The highest BCUT2D eigenvalue weighted by Crippen LogP contribution is 2.23. The molecular formula is C18H23BrN2. The summed E-state index contributed by atoms with van der Waals surface area (Å²) >= 11 is 3.52. The van der Waals surface area contributed by atoms with Gasteiger partial charge >= 0.3 is 0 Å². The van der Waals surface area contributed by atoms with Crippen molar-refractivity contribution in [2.75, 3.05) is 11.9 Å². The zero-order valence-corrected chi connectivity index (χ0v) is 14.5. The quantitative estimate of drug-likeness (QED) is 0.875. The summed E-state index contributed by atoms with van der Waals surface area (Å²) < 4.78 is 1.12. The van der Waals surface area contributed by atoms with Crippen molar-refractivity contribution < 1.29 is 0 Å². The van der Waals surface area contributed by atoms with E-state index in [1.165, 1.54) is 22.4 Å². The van der Waals surface area contributed by atoms with Gasteiger partial charge in [-0.05, 0) is 55.2 Å². The van der Waals surface area contributed by atoms with Crippen LogP contribution in [-0.4, -0.2) is 13.1 Å². The minimum atomic E-state index is 0.203. The molecule has 21 heavy (non-hydrogen) atoms. The van der Waals surface area contributed by atoms with Gasteiger partial charge in [0.15, 0.2) is 0 Å². The second-order valence-electron chi connectivity index (χ2n) is 5.79. The first-order chi connectivity index (χ1) is 9.95. The van der Waals surface area contributed by atoms with Crippen LogP contribution in [0.3, 0.4) is 0 Å². The van der Waals surface area contributed by atoms with Crippen LogP contribution in [0, 0.1) is 6.92 Å². The molecule has 0 aliphatic rings. The first kappa shape index (κ1) is 16.1. The van der Waals surface area contributed by atoms with Crippen molar-refractivity contribution in [1.29, 1.82) is 0 Å². The summed E-state index contributed by atoms with van der Waals surface area (Å²) in [5.41, 5.74) is 11.0. The summed E-state index contributed by atoms with van der Waals surface area (Å²) in [6.07, 6.45) is 0.927. The largest absolute Gasteiger partial charge is 0.370 e. The van der Waals surface area contributed by atoms with E-state index in [1.54, 1.807) is 0 Å². The Hall–Kier alpha value is -1.32. The van der Waals surface area contributed by atoms with E-state index in [2.05, 4.69) is 77.3 Å². The van der Waals surface area contributed by atoms with Gasteiger partial charge in [-0.3, -0.25) is 0 Å². The van der Waals surface area contributed by atoms with E-state index in [1.807, 2.05) is 6.92 Å². The Morgan fingerprint density at radius 1 is 1.14 bits per heavy atom. The fraction of sp³-hybridized carbons (Fsp3) is 0.333. The SMILES string of the molecule is Cc1cc(CC(C)N)ccc1N(C)Cc1cccc(Br)c1. The summed E-state index contributed by atoms with van der Waals surface area (Å²) in [5, 5.41) is 0. The van der Waals surface area contributed by atoms with Crippen LogP contribution in [0.4, 0.5) is 5.69 Å². The Morgan fingerprint density at radius 3 is 2.52 bits per heavy atom. The maximum atomic E-state index is 5.87. The normalized spacial score (nSPS) is 12.2. The lowest BCUT2D eigenvalue weighted by atomic mass is 10.0. The van der Waals surface area contributed by atoms with E-state index < -0.39 is 0 Å². The highest BCUT2D eigenvalue weighted by atomic mass is 79.9. The highest BCUT2D eigenvalue weighted by molar-refractivity contribution is 9.10. The molecular weight excluding hydrogens is 324 g/mol. The lowest BCUT2D eigenvalue weighted by Crippen LogP contribution is -2.19. The van der Waals surface area contributed by atoms with E-state index in [-0.39, 0.29) is 6.04 Å². The average Bonchev–Trinajstić information content (AvgIpc) is 2.37. The molecule has 1 atom stereocenters. The number of rotatable bonds is 5. The Balaban J connectivity index is 2.13. The zero-order chi connectivity index (χ0) is 15.4. The van der Waals surface area contributed by atoms with Gasteiger partial charge in [0.2, 0.25) is 0 Å². The van der Waals surface area contributed by atoms with Gasteiger partial charge in [-0.25, -0.2) is 0 Å². The molecule has 3 heteroatoms.